The van der Waals surface area contributed by atoms with E-state index in [1.165, 1.54) is 25.3 Å². The fourth-order valence-electron chi connectivity index (χ4n) is 4.30. The molecule has 2 aliphatic rings. The molecular weight excluding hydrogens is 396 g/mol. The number of aliphatic hydroxyl groups excluding tert-OH is 2. The molecule has 2 aliphatic carbocycles. The first-order valence-corrected chi connectivity index (χ1v) is 9.08. The van der Waals surface area contributed by atoms with Crippen molar-refractivity contribution >= 4 is 17.3 Å². The minimum Gasteiger partial charge on any atom is -0.507 e. The van der Waals surface area contributed by atoms with Crippen molar-refractivity contribution in [3.63, 3.8) is 0 Å². The fraction of sp³-hybridized carbons (Fsp3) is 0.286. The largest absolute Gasteiger partial charge is 0.507 e. The number of rotatable bonds is 3. The average molecular weight is 414 g/mol. The molecule has 5 N–H and O–H groups in total. The maximum Gasteiger partial charge on any atom is 0.202 e. The van der Waals surface area contributed by atoms with E-state index in [0.29, 0.717) is 0 Å². The molecule has 0 saturated heterocycles. The second kappa shape index (κ2) is 6.63. The number of carbonyl (C=O) groups excluding carboxylic acids is 3. The normalized spacial score (nSPS) is 22.2. The minimum atomic E-state index is -2.21. The van der Waals surface area contributed by atoms with Crippen LogP contribution in [0.4, 0.5) is 0 Å². The number of carbonyl (C=O) groups is 3. The van der Waals surface area contributed by atoms with Gasteiger partial charge in [-0.1, -0.05) is 12.1 Å². The summed E-state index contributed by atoms with van der Waals surface area (Å²) in [6, 6.07) is 4.34. The molecule has 0 fully saturated rings. The van der Waals surface area contributed by atoms with E-state index >= 15 is 0 Å². The highest BCUT2D eigenvalue weighted by molar-refractivity contribution is 6.31. The van der Waals surface area contributed by atoms with E-state index in [1.54, 1.807) is 0 Å². The number of fused-ring (bicyclic) bond motifs is 3. The van der Waals surface area contributed by atoms with Crippen LogP contribution in [0.15, 0.2) is 18.2 Å². The van der Waals surface area contributed by atoms with Crippen LogP contribution in [-0.4, -0.2) is 62.2 Å². The van der Waals surface area contributed by atoms with Crippen molar-refractivity contribution < 1.29 is 44.7 Å². The Hall–Kier alpha value is -3.27. The Bertz CT molecular complexity index is 1130. The Kier molecular flexibility index (Phi) is 4.42. The Labute approximate surface area is 169 Å². The summed E-state index contributed by atoms with van der Waals surface area (Å²) in [7, 11) is 1.32. The third kappa shape index (κ3) is 2.49. The minimum absolute atomic E-state index is 0.0421. The van der Waals surface area contributed by atoms with Crippen LogP contribution in [-0.2, 0) is 11.2 Å². The van der Waals surface area contributed by atoms with E-state index in [0.717, 1.165) is 0 Å². The molecule has 9 nitrogen and oxygen atoms in total. The van der Waals surface area contributed by atoms with Crippen LogP contribution >= 0.6 is 0 Å². The number of Topliss-reactive ketones (excluding diaryl/α,β-unsaturated/α-hetero) is 1. The van der Waals surface area contributed by atoms with E-state index in [-0.39, 0.29) is 28.0 Å². The first kappa shape index (κ1) is 20.0. The van der Waals surface area contributed by atoms with Gasteiger partial charge in [0.2, 0.25) is 5.78 Å². The van der Waals surface area contributed by atoms with Gasteiger partial charge in [0.1, 0.15) is 29.5 Å². The maximum absolute atomic E-state index is 13.2. The van der Waals surface area contributed by atoms with Crippen molar-refractivity contribution in [2.75, 3.05) is 13.7 Å². The summed E-state index contributed by atoms with van der Waals surface area (Å²) in [6.07, 6.45) is -2.75. The van der Waals surface area contributed by atoms with Crippen molar-refractivity contribution in [3.8, 4) is 17.2 Å². The number of ether oxygens (including phenoxy) is 1. The van der Waals surface area contributed by atoms with Crippen LogP contribution in [0.5, 0.6) is 17.2 Å². The number of phenols is 2. The summed E-state index contributed by atoms with van der Waals surface area (Å²) in [5, 5.41) is 51.9. The number of methoxy groups -OCH3 is 1. The molecule has 156 valence electrons. The topological polar surface area (TPSA) is 162 Å². The summed E-state index contributed by atoms with van der Waals surface area (Å²) in [5.41, 5.74) is -3.77. The van der Waals surface area contributed by atoms with Gasteiger partial charge in [-0.2, -0.15) is 0 Å². The predicted octanol–water partition coefficient (Wildman–Crippen LogP) is 0.154. The molecule has 0 amide bonds. The summed E-state index contributed by atoms with van der Waals surface area (Å²) < 4.78 is 5.16. The number of hydrogen-bond donors (Lipinski definition) is 5. The monoisotopic (exact) mass is 414 g/mol. The quantitative estimate of drug-likeness (QED) is 0.376. The molecule has 2 aromatic rings. The first-order chi connectivity index (χ1) is 14.2. The summed E-state index contributed by atoms with van der Waals surface area (Å²) in [5.74, 6) is -3.83. The third-order valence-corrected chi connectivity index (χ3v) is 5.76. The highest BCUT2D eigenvalue weighted by Crippen LogP contribution is 2.50. The van der Waals surface area contributed by atoms with Crippen molar-refractivity contribution in [1.82, 2.24) is 0 Å². The molecule has 0 heterocycles. The molecule has 4 rings (SSSR count). The molecule has 0 spiro atoms. The SMILES string of the molecule is COc1cccc2c1C(=O)c1c(O)c3c(c(O)c1C2=O)C[C@@](O)(C(=O)CO)C[C@H]3O. The van der Waals surface area contributed by atoms with Gasteiger partial charge in [-0.25, -0.2) is 0 Å². The number of benzene rings is 2. The van der Waals surface area contributed by atoms with Crippen LogP contribution in [0.1, 0.15) is 55.5 Å². The zero-order valence-corrected chi connectivity index (χ0v) is 15.8. The molecule has 9 heteroatoms. The molecular formula is C21H18O9. The van der Waals surface area contributed by atoms with Crippen LogP contribution in [0.2, 0.25) is 0 Å². The molecule has 2 atom stereocenters. The molecule has 30 heavy (non-hydrogen) atoms. The Balaban J connectivity index is 2.01. The number of aliphatic hydroxyl groups is 3. The van der Waals surface area contributed by atoms with Gasteiger partial charge in [-0.3, -0.25) is 14.4 Å². The van der Waals surface area contributed by atoms with E-state index in [2.05, 4.69) is 0 Å². The lowest BCUT2D eigenvalue weighted by Gasteiger charge is -2.36. The van der Waals surface area contributed by atoms with Crippen LogP contribution in [0.25, 0.3) is 0 Å². The number of hydrogen-bond acceptors (Lipinski definition) is 9. The van der Waals surface area contributed by atoms with Crippen LogP contribution in [0.3, 0.4) is 0 Å². The van der Waals surface area contributed by atoms with E-state index < -0.39 is 71.1 Å². The number of phenolic OH excluding ortho intramolecular Hbond substituents is 2. The highest BCUT2D eigenvalue weighted by atomic mass is 16.5. The third-order valence-electron chi connectivity index (χ3n) is 5.76. The standard InChI is InChI=1S/C21H18O9/c1-30-11-4-2-3-8-14(11)20(28)16-15(17(8)25)18(26)9-5-21(29,12(24)7-22)6-10(23)13(9)19(16)27/h2-4,10,22-23,26-27,29H,5-7H2,1H3/t10-,21+/m1/s1. The van der Waals surface area contributed by atoms with E-state index in [9.17, 15) is 34.8 Å². The van der Waals surface area contributed by atoms with E-state index in [1.807, 2.05) is 0 Å². The van der Waals surface area contributed by atoms with Crippen molar-refractivity contribution in [2.45, 2.75) is 24.5 Å². The van der Waals surface area contributed by atoms with Crippen molar-refractivity contribution in [2.24, 2.45) is 0 Å². The molecule has 0 aliphatic heterocycles. The fourth-order valence-corrected chi connectivity index (χ4v) is 4.30. The molecule has 0 aromatic heterocycles. The Morgan fingerprint density at radius 3 is 2.43 bits per heavy atom. The number of ketones is 3. The zero-order valence-electron chi connectivity index (χ0n) is 15.8. The van der Waals surface area contributed by atoms with Gasteiger partial charge in [-0.15, -0.1) is 0 Å². The molecule has 0 unspecified atom stereocenters. The molecule has 0 radical (unpaired) electrons. The second-order valence-electron chi connectivity index (χ2n) is 7.39. The lowest BCUT2D eigenvalue weighted by molar-refractivity contribution is -0.145. The zero-order chi connectivity index (χ0) is 22.0. The predicted molar refractivity (Wildman–Crippen MR) is 100.0 cm³/mol. The molecule has 0 bridgehead atoms. The first-order valence-electron chi connectivity index (χ1n) is 9.08. The van der Waals surface area contributed by atoms with Gasteiger partial charge < -0.3 is 30.3 Å². The Morgan fingerprint density at radius 1 is 1.13 bits per heavy atom. The van der Waals surface area contributed by atoms with Crippen LogP contribution < -0.4 is 4.74 Å². The van der Waals surface area contributed by atoms with Crippen molar-refractivity contribution in [1.29, 1.82) is 0 Å². The summed E-state index contributed by atoms with van der Waals surface area (Å²) in [6.45, 7) is -0.999. The van der Waals surface area contributed by atoms with Gasteiger partial charge in [0.05, 0.1) is 29.9 Å². The van der Waals surface area contributed by atoms with Crippen LogP contribution in [0, 0.1) is 0 Å². The highest BCUT2D eigenvalue weighted by Gasteiger charge is 2.48. The van der Waals surface area contributed by atoms with Gasteiger partial charge in [0.25, 0.3) is 0 Å². The second-order valence-corrected chi connectivity index (χ2v) is 7.39. The van der Waals surface area contributed by atoms with Gasteiger partial charge >= 0.3 is 0 Å². The van der Waals surface area contributed by atoms with E-state index in [4.69, 9.17) is 9.84 Å². The molecule has 2 aromatic carbocycles. The van der Waals surface area contributed by atoms with Gasteiger partial charge in [0.15, 0.2) is 11.6 Å². The van der Waals surface area contributed by atoms with Gasteiger partial charge in [0, 0.05) is 29.5 Å². The maximum atomic E-state index is 13.2. The summed E-state index contributed by atoms with van der Waals surface area (Å²) in [4.78, 5) is 38.3. The van der Waals surface area contributed by atoms with Gasteiger partial charge in [-0.05, 0) is 6.07 Å². The lowest BCUT2D eigenvalue weighted by Crippen LogP contribution is -2.47. The number of aromatic hydroxyl groups is 2. The summed E-state index contributed by atoms with van der Waals surface area (Å²) >= 11 is 0. The smallest absolute Gasteiger partial charge is 0.202 e. The average Bonchev–Trinajstić information content (AvgIpc) is 2.72. The molecule has 0 saturated carbocycles. The Morgan fingerprint density at radius 2 is 1.80 bits per heavy atom. The lowest BCUT2D eigenvalue weighted by atomic mass is 9.72. The van der Waals surface area contributed by atoms with Crippen molar-refractivity contribution in [3.05, 3.63) is 51.6 Å².